The summed E-state index contributed by atoms with van der Waals surface area (Å²) in [6, 6.07) is 8.62. The highest BCUT2D eigenvalue weighted by Gasteiger charge is 2.06. The summed E-state index contributed by atoms with van der Waals surface area (Å²) in [5.74, 6) is 0. The topological polar surface area (TPSA) is 38.5 Å². The van der Waals surface area contributed by atoms with E-state index in [0.717, 1.165) is 45.7 Å². The number of rotatable bonds is 10. The molecule has 0 unspecified atom stereocenters. The zero-order valence-corrected chi connectivity index (χ0v) is 12.4. The second-order valence-electron chi connectivity index (χ2n) is 4.93. The van der Waals surface area contributed by atoms with E-state index in [1.54, 1.807) is 0 Å². The van der Waals surface area contributed by atoms with Crippen molar-refractivity contribution >= 4 is 5.69 Å². The van der Waals surface area contributed by atoms with E-state index in [2.05, 4.69) is 43.0 Å². The lowest BCUT2D eigenvalue weighted by molar-refractivity contribution is 0.137. The van der Waals surface area contributed by atoms with Gasteiger partial charge in [0.15, 0.2) is 0 Å². The van der Waals surface area contributed by atoms with E-state index in [-0.39, 0.29) is 0 Å². The second kappa shape index (κ2) is 9.82. The van der Waals surface area contributed by atoms with Crippen molar-refractivity contribution in [3.05, 3.63) is 29.8 Å². The molecule has 1 aromatic rings. The van der Waals surface area contributed by atoms with E-state index in [1.165, 1.54) is 17.7 Å². The average molecular weight is 264 g/mol. The monoisotopic (exact) mass is 264 g/mol. The van der Waals surface area contributed by atoms with Gasteiger partial charge in [-0.25, -0.2) is 0 Å². The van der Waals surface area contributed by atoms with Crippen molar-refractivity contribution < 1.29 is 4.74 Å². The van der Waals surface area contributed by atoms with Crippen LogP contribution < -0.4 is 10.6 Å². The van der Waals surface area contributed by atoms with Crippen LogP contribution in [0.5, 0.6) is 0 Å². The molecule has 0 saturated heterocycles. The third-order valence-electron chi connectivity index (χ3n) is 3.15. The van der Waals surface area contributed by atoms with Crippen LogP contribution >= 0.6 is 0 Å². The molecule has 108 valence electrons. The number of unbranched alkanes of at least 4 members (excludes halogenated alkanes) is 1. The maximum absolute atomic E-state index is 5.66. The molecular formula is C16H28N2O. The van der Waals surface area contributed by atoms with Gasteiger partial charge in [0, 0.05) is 25.4 Å². The van der Waals surface area contributed by atoms with Gasteiger partial charge in [-0.1, -0.05) is 25.5 Å². The maximum atomic E-state index is 5.66. The van der Waals surface area contributed by atoms with Gasteiger partial charge in [0.2, 0.25) is 0 Å². The fourth-order valence-electron chi connectivity index (χ4n) is 2.00. The maximum Gasteiger partial charge on any atom is 0.0641 e. The Balaban J connectivity index is 2.47. The highest BCUT2D eigenvalue weighted by atomic mass is 16.5. The first-order chi connectivity index (χ1) is 9.27. The molecule has 0 heterocycles. The van der Waals surface area contributed by atoms with Crippen LogP contribution in [0.2, 0.25) is 0 Å². The van der Waals surface area contributed by atoms with Gasteiger partial charge in [0.05, 0.1) is 6.61 Å². The minimum absolute atomic E-state index is 0.735. The summed E-state index contributed by atoms with van der Waals surface area (Å²) in [4.78, 5) is 2.37. The van der Waals surface area contributed by atoms with Gasteiger partial charge in [-0.05, 0) is 44.0 Å². The van der Waals surface area contributed by atoms with Crippen molar-refractivity contribution in [1.82, 2.24) is 0 Å². The molecule has 0 aromatic heterocycles. The van der Waals surface area contributed by atoms with Gasteiger partial charge in [-0.2, -0.15) is 0 Å². The van der Waals surface area contributed by atoms with Crippen LogP contribution in [0.25, 0.3) is 0 Å². The highest BCUT2D eigenvalue weighted by molar-refractivity contribution is 5.48. The van der Waals surface area contributed by atoms with Gasteiger partial charge >= 0.3 is 0 Å². The molecule has 0 aliphatic carbocycles. The number of ether oxygens (including phenoxy) is 1. The van der Waals surface area contributed by atoms with Crippen LogP contribution in [0.1, 0.15) is 31.7 Å². The molecule has 3 nitrogen and oxygen atoms in total. The van der Waals surface area contributed by atoms with Crippen LogP contribution in [0.3, 0.4) is 0 Å². The number of benzene rings is 1. The van der Waals surface area contributed by atoms with Gasteiger partial charge in [-0.15, -0.1) is 0 Å². The van der Waals surface area contributed by atoms with Crippen LogP contribution in [0.4, 0.5) is 5.69 Å². The summed E-state index contributed by atoms with van der Waals surface area (Å²) < 4.78 is 5.66. The lowest BCUT2D eigenvalue weighted by Gasteiger charge is -2.25. The molecule has 3 heteroatoms. The quantitative estimate of drug-likeness (QED) is 0.660. The molecule has 1 aromatic carbocycles. The largest absolute Gasteiger partial charge is 0.380 e. The Labute approximate surface area is 117 Å². The Kier molecular flexibility index (Phi) is 8.26. The molecule has 0 bridgehead atoms. The van der Waals surface area contributed by atoms with Gasteiger partial charge in [-0.3, -0.25) is 0 Å². The van der Waals surface area contributed by atoms with Crippen LogP contribution in [-0.4, -0.2) is 32.8 Å². The molecule has 0 amide bonds. The Morgan fingerprint density at radius 2 is 2.00 bits per heavy atom. The average Bonchev–Trinajstić information content (AvgIpc) is 2.42. The Morgan fingerprint density at radius 1 is 1.16 bits per heavy atom. The van der Waals surface area contributed by atoms with Crippen molar-refractivity contribution in [1.29, 1.82) is 0 Å². The minimum Gasteiger partial charge on any atom is -0.380 e. The molecule has 0 fully saturated rings. The first kappa shape index (κ1) is 16.0. The number of hydrogen-bond acceptors (Lipinski definition) is 3. The number of hydrogen-bond donors (Lipinski definition) is 1. The van der Waals surface area contributed by atoms with Gasteiger partial charge < -0.3 is 15.4 Å². The summed E-state index contributed by atoms with van der Waals surface area (Å²) in [7, 11) is 0. The molecule has 0 saturated carbocycles. The van der Waals surface area contributed by atoms with Crippen LogP contribution in [-0.2, 0) is 4.74 Å². The van der Waals surface area contributed by atoms with E-state index < -0.39 is 0 Å². The Bertz CT molecular complexity index is 341. The SMILES string of the molecule is CCCCOCCN(CCCN)c1cccc(C)c1. The minimum atomic E-state index is 0.735. The first-order valence-electron chi connectivity index (χ1n) is 7.37. The zero-order chi connectivity index (χ0) is 13.9. The van der Waals surface area contributed by atoms with Crippen molar-refractivity contribution in [2.24, 2.45) is 5.73 Å². The lowest BCUT2D eigenvalue weighted by atomic mass is 10.2. The summed E-state index contributed by atoms with van der Waals surface area (Å²) in [6.45, 7) is 8.64. The van der Waals surface area contributed by atoms with E-state index in [4.69, 9.17) is 10.5 Å². The molecule has 0 radical (unpaired) electrons. The molecular weight excluding hydrogens is 236 g/mol. The predicted molar refractivity (Wildman–Crippen MR) is 82.8 cm³/mol. The van der Waals surface area contributed by atoms with E-state index in [9.17, 15) is 0 Å². The van der Waals surface area contributed by atoms with Crippen molar-refractivity contribution in [3.8, 4) is 0 Å². The first-order valence-corrected chi connectivity index (χ1v) is 7.37. The fraction of sp³-hybridized carbons (Fsp3) is 0.625. The number of aryl methyl sites for hydroxylation is 1. The van der Waals surface area contributed by atoms with E-state index in [0.29, 0.717) is 0 Å². The third kappa shape index (κ3) is 6.60. The molecule has 0 spiro atoms. The van der Waals surface area contributed by atoms with E-state index in [1.807, 2.05) is 0 Å². The Morgan fingerprint density at radius 3 is 2.68 bits per heavy atom. The molecule has 0 aliphatic rings. The summed E-state index contributed by atoms with van der Waals surface area (Å²) in [6.07, 6.45) is 3.35. The summed E-state index contributed by atoms with van der Waals surface area (Å²) in [5.41, 5.74) is 8.19. The standard InChI is InChI=1S/C16H28N2O/c1-3-4-12-19-13-11-18(10-6-9-17)16-8-5-7-15(2)14-16/h5,7-8,14H,3-4,6,9-13,17H2,1-2H3. The lowest BCUT2D eigenvalue weighted by Crippen LogP contribution is -2.30. The molecule has 0 atom stereocenters. The van der Waals surface area contributed by atoms with Crippen molar-refractivity contribution in [3.63, 3.8) is 0 Å². The van der Waals surface area contributed by atoms with Gasteiger partial charge in [0.1, 0.15) is 0 Å². The molecule has 19 heavy (non-hydrogen) atoms. The van der Waals surface area contributed by atoms with E-state index >= 15 is 0 Å². The summed E-state index contributed by atoms with van der Waals surface area (Å²) >= 11 is 0. The molecule has 0 aliphatic heterocycles. The molecule has 2 N–H and O–H groups in total. The zero-order valence-electron chi connectivity index (χ0n) is 12.4. The predicted octanol–water partition coefficient (Wildman–Crippen LogP) is 2.97. The van der Waals surface area contributed by atoms with Crippen LogP contribution in [0.15, 0.2) is 24.3 Å². The third-order valence-corrected chi connectivity index (χ3v) is 3.15. The number of nitrogens with two attached hydrogens (primary N) is 1. The van der Waals surface area contributed by atoms with Crippen molar-refractivity contribution in [2.75, 3.05) is 37.7 Å². The number of nitrogens with zero attached hydrogens (tertiary/aromatic N) is 1. The Hall–Kier alpha value is -1.06. The summed E-state index contributed by atoms with van der Waals surface area (Å²) in [5, 5.41) is 0. The second-order valence-corrected chi connectivity index (χ2v) is 4.93. The molecule has 1 rings (SSSR count). The number of anilines is 1. The van der Waals surface area contributed by atoms with Gasteiger partial charge in [0.25, 0.3) is 0 Å². The normalized spacial score (nSPS) is 10.7. The smallest absolute Gasteiger partial charge is 0.0641 e. The highest BCUT2D eigenvalue weighted by Crippen LogP contribution is 2.15. The van der Waals surface area contributed by atoms with Crippen molar-refractivity contribution in [2.45, 2.75) is 33.1 Å². The fourth-order valence-corrected chi connectivity index (χ4v) is 2.00. The van der Waals surface area contributed by atoms with Crippen LogP contribution in [0, 0.1) is 6.92 Å².